The van der Waals surface area contributed by atoms with E-state index in [-0.39, 0.29) is 0 Å². The van der Waals surface area contributed by atoms with Gasteiger partial charge < -0.3 is 5.11 Å². The van der Waals surface area contributed by atoms with Crippen LogP contribution in [-0.4, -0.2) is 11.1 Å². The van der Waals surface area contributed by atoms with Crippen molar-refractivity contribution < 1.29 is 9.90 Å². The summed E-state index contributed by atoms with van der Waals surface area (Å²) < 4.78 is 6.06. The molecule has 0 heterocycles. The molecule has 2 nitrogen and oxygen atoms in total. The summed E-state index contributed by atoms with van der Waals surface area (Å²) in [7, 11) is 0. The van der Waals surface area contributed by atoms with Gasteiger partial charge in [0, 0.05) is 6.42 Å². The fourth-order valence-electron chi connectivity index (χ4n) is 0.204. The van der Waals surface area contributed by atoms with E-state index in [0.717, 1.165) is 6.42 Å². The van der Waals surface area contributed by atoms with Crippen LogP contribution in [0.4, 0.5) is 0 Å². The van der Waals surface area contributed by atoms with E-state index in [1.807, 2.05) is 6.92 Å². The molecule has 0 saturated heterocycles. The first-order valence-electron chi connectivity index (χ1n) is 2.38. The maximum atomic E-state index is 10.0. The lowest BCUT2D eigenvalue weighted by molar-refractivity contribution is -0.137. The van der Waals surface area contributed by atoms with E-state index in [4.69, 9.17) is 1.43 Å². The lowest BCUT2D eigenvalue weighted by atomic mass is 10.4. The molecule has 0 rings (SSSR count). The van der Waals surface area contributed by atoms with E-state index in [9.17, 15) is 4.79 Å². The Morgan fingerprint density at radius 1 is 2.17 bits per heavy atom. The van der Waals surface area contributed by atoms with Gasteiger partial charge in [0.15, 0.2) is 0 Å². The third-order valence-corrected chi connectivity index (χ3v) is 0.454. The zero-order chi connectivity index (χ0) is 5.70. The van der Waals surface area contributed by atoms with Gasteiger partial charge in [0.05, 0.1) is 0 Å². The van der Waals surface area contributed by atoms with Crippen LogP contribution in [0.3, 0.4) is 0 Å². The van der Waals surface area contributed by atoms with Crippen LogP contribution in [0.25, 0.3) is 1.43 Å². The molecule has 0 bridgehead atoms. The van der Waals surface area contributed by atoms with Gasteiger partial charge in [0.1, 0.15) is 0 Å². The number of carboxylic acid groups (broad SMARTS) is 1. The highest BCUT2D eigenvalue weighted by molar-refractivity contribution is 5.66. The summed E-state index contributed by atoms with van der Waals surface area (Å²) >= 11 is 0. The minimum absolute atomic E-state index is 0.351. The summed E-state index contributed by atoms with van der Waals surface area (Å²) in [6.07, 6.45) is 1.10. The quantitative estimate of drug-likeness (QED) is 0.546. The standard InChI is InChI=1S/C4H8O2/c1-2-3-4(5)6/h2-3H2,1H3,(H,5,6)/i/hT. The van der Waals surface area contributed by atoms with Crippen molar-refractivity contribution in [2.45, 2.75) is 19.8 Å². The molecule has 0 unspecified atom stereocenters. The summed E-state index contributed by atoms with van der Waals surface area (Å²) in [5, 5.41) is 3.60. The monoisotopic (exact) mass is 90.1 g/mol. The van der Waals surface area contributed by atoms with Gasteiger partial charge in [-0.1, -0.05) is 6.92 Å². The van der Waals surface area contributed by atoms with Crippen LogP contribution in [0.15, 0.2) is 0 Å². The van der Waals surface area contributed by atoms with Crippen molar-refractivity contribution in [3.63, 3.8) is 0 Å². The molecule has 0 fully saturated rings. The van der Waals surface area contributed by atoms with Crippen molar-refractivity contribution in [1.29, 1.82) is 1.43 Å². The highest BCUT2D eigenvalue weighted by Crippen LogP contribution is 1.82. The number of rotatable bonds is 2. The second-order valence-corrected chi connectivity index (χ2v) is 1.12. The molecule has 6 heavy (non-hydrogen) atoms. The third kappa shape index (κ3) is 3.47. The summed E-state index contributed by atoms with van der Waals surface area (Å²) in [6, 6.07) is 0. The number of hydrogen-bond acceptors (Lipinski definition) is 2. The molecule has 1 N–H and O–H groups in total. The minimum atomic E-state index is -0.456. The topological polar surface area (TPSA) is 37.3 Å². The molecule has 0 aliphatic rings. The summed E-state index contributed by atoms with van der Waals surface area (Å²) in [4.78, 5) is 10.0. The second-order valence-electron chi connectivity index (χ2n) is 1.12. The van der Waals surface area contributed by atoms with Gasteiger partial charge >= 0.3 is 5.97 Å². The molecule has 36 valence electrons. The Hall–Kier alpha value is -0.530. The second kappa shape index (κ2) is 2.69. The Balaban J connectivity index is 3.00. The van der Waals surface area contributed by atoms with Crippen LogP contribution in [0, 0.1) is 0 Å². The smallest absolute Gasteiger partial charge is 0.303 e. The zero-order valence-corrected chi connectivity index (χ0v) is 3.73. The average molecular weight is 90.1 g/mol. The molecular formula is C4H8O2. The lowest BCUT2D eigenvalue weighted by Crippen LogP contribution is -1.90. The normalized spacial score (nSPS) is 9.83. The van der Waals surface area contributed by atoms with Crippen LogP contribution < -0.4 is 0 Å². The summed E-state index contributed by atoms with van der Waals surface area (Å²) in [5.41, 5.74) is 0. The molecule has 0 aromatic heterocycles. The summed E-state index contributed by atoms with van der Waals surface area (Å²) in [6.45, 7) is 1.86. The average Bonchev–Trinajstić information content (AvgIpc) is 1.68. The molecule has 0 amide bonds. The predicted molar refractivity (Wildman–Crippen MR) is 22.5 cm³/mol. The Kier molecular flexibility index (Phi) is 1.64. The van der Waals surface area contributed by atoms with Crippen molar-refractivity contribution in [3.8, 4) is 0 Å². The van der Waals surface area contributed by atoms with Gasteiger partial charge in [-0.3, -0.25) is 4.79 Å². The zero-order valence-electron chi connectivity index (χ0n) is 4.73. The molecule has 0 aromatic rings. The van der Waals surface area contributed by atoms with E-state index in [1.54, 1.807) is 0 Å². The number of hydrogen-bond donors (Lipinski definition) is 1. The van der Waals surface area contributed by atoms with E-state index in [2.05, 4.69) is 5.11 Å². The van der Waals surface area contributed by atoms with Crippen LogP contribution in [-0.2, 0) is 4.79 Å². The maximum absolute atomic E-state index is 10.0. The van der Waals surface area contributed by atoms with Crippen molar-refractivity contribution in [3.05, 3.63) is 0 Å². The first kappa shape index (κ1) is 3.65. The Morgan fingerprint density at radius 2 is 2.83 bits per heavy atom. The highest BCUT2D eigenvalue weighted by atomic mass is 16.4. The Labute approximate surface area is 38.3 Å². The SMILES string of the molecule is [3H]OC(=O)CCC. The van der Waals surface area contributed by atoms with Crippen molar-refractivity contribution in [2.75, 3.05) is 0 Å². The Morgan fingerprint density at radius 3 is 3.00 bits per heavy atom. The molecule has 2 heteroatoms. The maximum Gasteiger partial charge on any atom is 0.303 e. The van der Waals surface area contributed by atoms with Gasteiger partial charge in [-0.25, -0.2) is 0 Å². The molecule has 0 atom stereocenters. The van der Waals surface area contributed by atoms with E-state index < -0.39 is 5.97 Å². The van der Waals surface area contributed by atoms with E-state index >= 15 is 0 Å². The molecule has 0 aromatic carbocycles. The third-order valence-electron chi connectivity index (χ3n) is 0.454. The molecular weight excluding hydrogens is 80.0 g/mol. The lowest BCUT2D eigenvalue weighted by Gasteiger charge is -1.79. The highest BCUT2D eigenvalue weighted by Gasteiger charge is 1.87. The predicted octanol–water partition coefficient (Wildman–Crippen LogP) is 0.871. The largest absolute Gasteiger partial charge is 0.481 e. The van der Waals surface area contributed by atoms with Crippen LogP contribution in [0.2, 0.25) is 0 Å². The van der Waals surface area contributed by atoms with Crippen LogP contribution >= 0.6 is 0 Å². The number of carboxylic acids is 1. The summed E-state index contributed by atoms with van der Waals surface area (Å²) in [5.74, 6) is -0.456. The fourth-order valence-corrected chi connectivity index (χ4v) is 0.204. The van der Waals surface area contributed by atoms with Gasteiger partial charge in [-0.2, -0.15) is 0 Å². The van der Waals surface area contributed by atoms with Gasteiger partial charge in [0.25, 0.3) is 1.43 Å². The molecule has 0 aliphatic heterocycles. The number of carbonyl (C=O) groups is 1. The molecule has 0 radical (unpaired) electrons. The first-order chi connectivity index (χ1) is 3.31. The van der Waals surface area contributed by atoms with Crippen molar-refractivity contribution >= 4 is 5.97 Å². The number of aliphatic carboxylic acids is 1. The van der Waals surface area contributed by atoms with Crippen LogP contribution in [0.1, 0.15) is 19.8 Å². The molecule has 0 aliphatic carbocycles. The minimum Gasteiger partial charge on any atom is -0.481 e. The Bertz CT molecular complexity index is 62.7. The molecule has 0 spiro atoms. The fraction of sp³-hybridized carbons (Fsp3) is 0.750. The first-order valence-corrected chi connectivity index (χ1v) is 1.97. The molecule has 0 saturated carbocycles. The van der Waals surface area contributed by atoms with Gasteiger partial charge in [-0.15, -0.1) is 0 Å². The van der Waals surface area contributed by atoms with Gasteiger partial charge in [0.2, 0.25) is 0 Å². The van der Waals surface area contributed by atoms with Crippen molar-refractivity contribution in [2.24, 2.45) is 0 Å². The van der Waals surface area contributed by atoms with E-state index in [1.165, 1.54) is 0 Å². The van der Waals surface area contributed by atoms with Crippen LogP contribution in [0.5, 0.6) is 0 Å². The van der Waals surface area contributed by atoms with Gasteiger partial charge in [-0.05, 0) is 6.42 Å². The van der Waals surface area contributed by atoms with E-state index in [0.29, 0.717) is 6.42 Å². The van der Waals surface area contributed by atoms with Crippen molar-refractivity contribution in [1.82, 2.24) is 0 Å².